The van der Waals surface area contributed by atoms with Gasteiger partial charge in [0.2, 0.25) is 5.88 Å². The maximum atomic E-state index is 12.9. The van der Waals surface area contributed by atoms with Crippen LogP contribution in [0.25, 0.3) is 0 Å². The molecule has 0 unspecified atom stereocenters. The summed E-state index contributed by atoms with van der Waals surface area (Å²) in [6, 6.07) is 10.2. The molecule has 2 aliphatic heterocycles. The van der Waals surface area contributed by atoms with Crippen LogP contribution in [0.3, 0.4) is 0 Å². The minimum atomic E-state index is 0.0377. The van der Waals surface area contributed by atoms with E-state index in [4.69, 9.17) is 9.47 Å². The Morgan fingerprint density at radius 1 is 1.07 bits per heavy atom. The van der Waals surface area contributed by atoms with Crippen molar-refractivity contribution < 1.29 is 14.3 Å². The van der Waals surface area contributed by atoms with Crippen LogP contribution in [-0.2, 0) is 4.74 Å². The number of amides is 1. The van der Waals surface area contributed by atoms with Crippen LogP contribution in [0, 0.1) is 13.8 Å². The Labute approximate surface area is 172 Å². The molecule has 154 valence electrons. The van der Waals surface area contributed by atoms with Gasteiger partial charge in [-0.1, -0.05) is 12.1 Å². The van der Waals surface area contributed by atoms with E-state index in [-0.39, 0.29) is 12.0 Å². The molecule has 2 fully saturated rings. The Hall–Kier alpha value is -2.60. The highest BCUT2D eigenvalue weighted by Crippen LogP contribution is 2.23. The van der Waals surface area contributed by atoms with Crippen molar-refractivity contribution in [2.24, 2.45) is 0 Å². The number of anilines is 1. The highest BCUT2D eigenvalue weighted by Gasteiger charge is 2.23. The Kier molecular flexibility index (Phi) is 6.00. The van der Waals surface area contributed by atoms with E-state index < -0.39 is 0 Å². The lowest BCUT2D eigenvalue weighted by Crippen LogP contribution is -2.49. The molecule has 0 radical (unpaired) electrons. The predicted molar refractivity (Wildman–Crippen MR) is 113 cm³/mol. The van der Waals surface area contributed by atoms with Crippen molar-refractivity contribution in [3.8, 4) is 5.88 Å². The van der Waals surface area contributed by atoms with Gasteiger partial charge in [-0.2, -0.15) is 0 Å². The summed E-state index contributed by atoms with van der Waals surface area (Å²) in [7, 11) is 0. The van der Waals surface area contributed by atoms with Gasteiger partial charge in [0.25, 0.3) is 5.91 Å². The number of hydrogen-bond donors (Lipinski definition) is 0. The zero-order valence-electron chi connectivity index (χ0n) is 17.3. The lowest BCUT2D eigenvalue weighted by Gasteiger charge is -2.37. The number of nitrogens with zero attached hydrogens (tertiary/aromatic N) is 3. The number of carbonyl (C=O) groups is 1. The molecule has 0 spiro atoms. The number of hydrogen-bond acceptors (Lipinski definition) is 5. The second kappa shape index (κ2) is 8.82. The van der Waals surface area contributed by atoms with Crippen molar-refractivity contribution in [3.05, 3.63) is 53.2 Å². The van der Waals surface area contributed by atoms with Gasteiger partial charge in [0, 0.05) is 57.0 Å². The topological polar surface area (TPSA) is 54.9 Å². The number of pyridine rings is 1. The Morgan fingerprint density at radius 3 is 2.52 bits per heavy atom. The zero-order valence-corrected chi connectivity index (χ0v) is 17.3. The molecular formula is C23H29N3O3. The minimum absolute atomic E-state index is 0.0377. The van der Waals surface area contributed by atoms with E-state index in [1.54, 1.807) is 12.3 Å². The lowest BCUT2D eigenvalue weighted by atomic mass is 10.1. The highest BCUT2D eigenvalue weighted by molar-refractivity contribution is 5.94. The lowest BCUT2D eigenvalue weighted by molar-refractivity contribution is 0.0237. The predicted octanol–water partition coefficient (Wildman–Crippen LogP) is 3.22. The van der Waals surface area contributed by atoms with Gasteiger partial charge < -0.3 is 19.3 Å². The van der Waals surface area contributed by atoms with E-state index in [2.05, 4.69) is 41.9 Å². The number of aromatic nitrogens is 1. The van der Waals surface area contributed by atoms with Crippen molar-refractivity contribution >= 4 is 11.6 Å². The van der Waals surface area contributed by atoms with Crippen molar-refractivity contribution in [1.82, 2.24) is 9.88 Å². The summed E-state index contributed by atoms with van der Waals surface area (Å²) >= 11 is 0. The summed E-state index contributed by atoms with van der Waals surface area (Å²) in [5, 5.41) is 0. The number of rotatable bonds is 4. The van der Waals surface area contributed by atoms with Crippen molar-refractivity contribution in [1.29, 1.82) is 0 Å². The largest absolute Gasteiger partial charge is 0.474 e. The Morgan fingerprint density at radius 2 is 1.83 bits per heavy atom. The molecule has 3 heterocycles. The fraction of sp³-hybridized carbons (Fsp3) is 0.478. The average Bonchev–Trinajstić information content (AvgIpc) is 2.76. The van der Waals surface area contributed by atoms with Crippen LogP contribution in [0.2, 0.25) is 0 Å². The molecule has 4 rings (SSSR count). The Bertz CT molecular complexity index is 839. The molecule has 1 amide bonds. The van der Waals surface area contributed by atoms with E-state index in [1.807, 2.05) is 11.0 Å². The van der Waals surface area contributed by atoms with Gasteiger partial charge in [0.1, 0.15) is 6.10 Å². The van der Waals surface area contributed by atoms with E-state index in [0.717, 1.165) is 39.1 Å². The molecule has 0 atom stereocenters. The van der Waals surface area contributed by atoms with E-state index in [1.165, 1.54) is 16.8 Å². The fourth-order valence-electron chi connectivity index (χ4n) is 3.93. The van der Waals surface area contributed by atoms with E-state index >= 15 is 0 Å². The molecule has 0 saturated carbocycles. The normalized spacial score (nSPS) is 18.0. The number of benzene rings is 1. The number of piperazine rings is 1. The van der Waals surface area contributed by atoms with Gasteiger partial charge in [-0.05, 0) is 37.1 Å². The maximum Gasteiger partial charge on any atom is 0.255 e. The molecule has 0 N–H and O–H groups in total. The molecule has 29 heavy (non-hydrogen) atoms. The van der Waals surface area contributed by atoms with Crippen molar-refractivity contribution in [2.45, 2.75) is 32.8 Å². The quantitative estimate of drug-likeness (QED) is 0.796. The van der Waals surface area contributed by atoms with Crippen LogP contribution in [0.5, 0.6) is 5.88 Å². The van der Waals surface area contributed by atoms with Crippen LogP contribution in [-0.4, -0.2) is 61.3 Å². The highest BCUT2D eigenvalue weighted by atomic mass is 16.5. The summed E-state index contributed by atoms with van der Waals surface area (Å²) in [6.07, 6.45) is 3.55. The summed E-state index contributed by atoms with van der Waals surface area (Å²) in [6.45, 7) is 8.83. The molecule has 1 aromatic carbocycles. The van der Waals surface area contributed by atoms with Crippen molar-refractivity contribution in [2.75, 3.05) is 44.3 Å². The molecule has 2 aliphatic rings. The Balaban J connectivity index is 1.34. The van der Waals surface area contributed by atoms with Gasteiger partial charge >= 0.3 is 0 Å². The van der Waals surface area contributed by atoms with E-state index in [9.17, 15) is 4.79 Å². The molecule has 6 nitrogen and oxygen atoms in total. The van der Waals surface area contributed by atoms with Crippen molar-refractivity contribution in [3.63, 3.8) is 0 Å². The van der Waals surface area contributed by atoms with Crippen LogP contribution < -0.4 is 9.64 Å². The van der Waals surface area contributed by atoms with Gasteiger partial charge in [-0.25, -0.2) is 4.98 Å². The van der Waals surface area contributed by atoms with E-state index in [0.29, 0.717) is 24.5 Å². The molecule has 2 aromatic rings. The first-order valence-corrected chi connectivity index (χ1v) is 10.4. The zero-order chi connectivity index (χ0) is 20.2. The first-order chi connectivity index (χ1) is 14.1. The summed E-state index contributed by atoms with van der Waals surface area (Å²) < 4.78 is 11.2. The molecule has 2 saturated heterocycles. The first kappa shape index (κ1) is 19.7. The van der Waals surface area contributed by atoms with Gasteiger partial charge in [0.15, 0.2) is 0 Å². The fourth-order valence-corrected chi connectivity index (χ4v) is 3.93. The average molecular weight is 396 g/mol. The number of ether oxygens (including phenoxy) is 2. The summed E-state index contributed by atoms with van der Waals surface area (Å²) in [5.74, 6) is 0.615. The van der Waals surface area contributed by atoms with Crippen LogP contribution in [0.15, 0.2) is 36.5 Å². The maximum absolute atomic E-state index is 12.9. The monoisotopic (exact) mass is 395 g/mol. The first-order valence-electron chi connectivity index (χ1n) is 10.4. The van der Waals surface area contributed by atoms with Crippen LogP contribution in [0.1, 0.15) is 34.3 Å². The second-order valence-corrected chi connectivity index (χ2v) is 7.88. The molecule has 0 bridgehead atoms. The van der Waals surface area contributed by atoms with Gasteiger partial charge in [-0.3, -0.25) is 4.79 Å². The third kappa shape index (κ3) is 4.70. The third-order valence-electron chi connectivity index (χ3n) is 5.71. The standard InChI is InChI=1S/C23H29N3O3/c1-17-3-4-18(2)21(15-17)25-9-11-26(12-10-25)23(27)19-5-6-22(24-16-19)29-20-7-13-28-14-8-20/h3-6,15-16,20H,7-14H2,1-2H3. The molecule has 0 aliphatic carbocycles. The second-order valence-electron chi connectivity index (χ2n) is 7.88. The molecule has 1 aromatic heterocycles. The van der Waals surface area contributed by atoms with Crippen LogP contribution >= 0.6 is 0 Å². The summed E-state index contributed by atoms with van der Waals surface area (Å²) in [5.41, 5.74) is 4.43. The molecule has 6 heteroatoms. The number of aryl methyl sites for hydroxylation is 2. The molecular weight excluding hydrogens is 366 g/mol. The van der Waals surface area contributed by atoms with Gasteiger partial charge in [0.05, 0.1) is 18.8 Å². The SMILES string of the molecule is Cc1ccc(C)c(N2CCN(C(=O)c3ccc(OC4CCOCC4)nc3)CC2)c1. The van der Waals surface area contributed by atoms with Gasteiger partial charge in [-0.15, -0.1) is 0 Å². The third-order valence-corrected chi connectivity index (χ3v) is 5.71. The van der Waals surface area contributed by atoms with Crippen LogP contribution in [0.4, 0.5) is 5.69 Å². The number of carbonyl (C=O) groups excluding carboxylic acids is 1. The smallest absolute Gasteiger partial charge is 0.255 e. The summed E-state index contributed by atoms with van der Waals surface area (Å²) in [4.78, 5) is 21.5. The minimum Gasteiger partial charge on any atom is -0.474 e.